The third kappa shape index (κ3) is 4.79. The van der Waals surface area contributed by atoms with E-state index in [0.717, 1.165) is 11.1 Å². The van der Waals surface area contributed by atoms with Crippen LogP contribution in [0.25, 0.3) is 0 Å². The van der Waals surface area contributed by atoms with Gasteiger partial charge in [0, 0.05) is 25.0 Å². The second kappa shape index (κ2) is 8.41. The van der Waals surface area contributed by atoms with Crippen molar-refractivity contribution in [2.24, 2.45) is 0 Å². The van der Waals surface area contributed by atoms with E-state index in [1.165, 1.54) is 7.11 Å². The van der Waals surface area contributed by atoms with Gasteiger partial charge < -0.3 is 9.64 Å². The zero-order valence-corrected chi connectivity index (χ0v) is 18.4. The fourth-order valence-corrected chi connectivity index (χ4v) is 8.85. The molecule has 2 aromatic rings. The number of likely N-dealkylation sites (N-methyl/N-ethyl adjacent to an activating group) is 1. The lowest BCUT2D eigenvalue weighted by molar-refractivity contribution is 0.266. The van der Waals surface area contributed by atoms with Gasteiger partial charge in [0.05, 0.1) is 23.9 Å². The molecule has 0 aliphatic carbocycles. The first-order valence-corrected chi connectivity index (χ1v) is 12.7. The van der Waals surface area contributed by atoms with Gasteiger partial charge in [0.25, 0.3) is 0 Å². The number of methoxy groups -OCH3 is 1. The number of rotatable bonds is 7. The van der Waals surface area contributed by atoms with Crippen molar-refractivity contribution in [1.29, 1.82) is 0 Å². The Kier molecular flexibility index (Phi) is 6.30. The minimum absolute atomic E-state index is 0.0506. The molecule has 2 heterocycles. The molecule has 158 valence electrons. The third-order valence-corrected chi connectivity index (χ3v) is 9.50. The summed E-state index contributed by atoms with van der Waals surface area (Å²) in [5.74, 6) is -0.313. The second-order valence-corrected chi connectivity index (χ2v) is 11.8. The van der Waals surface area contributed by atoms with Crippen molar-refractivity contribution in [2.45, 2.75) is 29.5 Å². The Hall–Kier alpha value is -1.97. The van der Waals surface area contributed by atoms with Gasteiger partial charge in [0.15, 0.2) is 19.7 Å². The van der Waals surface area contributed by atoms with Crippen LogP contribution in [0.5, 0.6) is 5.75 Å². The van der Waals surface area contributed by atoms with Crippen molar-refractivity contribution >= 4 is 19.7 Å². The monoisotopic (exact) mass is 438 g/mol. The average molecular weight is 439 g/mol. The molecule has 0 N–H and O–H groups in total. The summed E-state index contributed by atoms with van der Waals surface area (Å²) >= 11 is 0. The summed E-state index contributed by atoms with van der Waals surface area (Å²) in [6.07, 6.45) is 4.08. The van der Waals surface area contributed by atoms with E-state index in [2.05, 4.69) is 4.98 Å². The first-order chi connectivity index (χ1) is 13.6. The average Bonchev–Trinajstić information content (AvgIpc) is 3.03. The molecule has 0 bridgehead atoms. The quantitative estimate of drug-likeness (QED) is 0.647. The first-order valence-electron chi connectivity index (χ1n) is 9.32. The molecule has 0 saturated carbocycles. The van der Waals surface area contributed by atoms with Crippen molar-refractivity contribution in [3.05, 3.63) is 53.9 Å². The second-order valence-electron chi connectivity index (χ2n) is 7.47. The SMILES string of the molecule is COc1ccc(C)cc1S(=O)(=O)[C@@H]1CS(=O)(=O)C[C@@H]1N(C)CCc1ccncc1. The maximum atomic E-state index is 13.5. The number of sulfone groups is 2. The molecule has 7 nitrogen and oxygen atoms in total. The number of hydrogen-bond acceptors (Lipinski definition) is 7. The normalized spacial score (nSPS) is 21.4. The number of ether oxygens (including phenoxy) is 1. The summed E-state index contributed by atoms with van der Waals surface area (Å²) < 4.78 is 57.0. The van der Waals surface area contributed by atoms with Crippen LogP contribution in [-0.2, 0) is 26.1 Å². The van der Waals surface area contributed by atoms with Gasteiger partial charge in [-0.15, -0.1) is 0 Å². The van der Waals surface area contributed by atoms with Crippen LogP contribution < -0.4 is 4.74 Å². The summed E-state index contributed by atoms with van der Waals surface area (Å²) in [6, 6.07) is 8.09. The lowest BCUT2D eigenvalue weighted by Gasteiger charge is -2.28. The van der Waals surface area contributed by atoms with Crippen LogP contribution >= 0.6 is 0 Å². The van der Waals surface area contributed by atoms with Crippen LogP contribution in [0.15, 0.2) is 47.6 Å². The fraction of sp³-hybridized carbons (Fsp3) is 0.450. The molecular weight excluding hydrogens is 412 g/mol. The Balaban J connectivity index is 1.90. The van der Waals surface area contributed by atoms with E-state index in [1.54, 1.807) is 44.6 Å². The molecule has 1 aromatic carbocycles. The fourth-order valence-electron chi connectivity index (χ4n) is 3.69. The Morgan fingerprint density at radius 3 is 2.52 bits per heavy atom. The highest BCUT2D eigenvalue weighted by molar-refractivity contribution is 7.96. The van der Waals surface area contributed by atoms with Gasteiger partial charge in [0.2, 0.25) is 0 Å². The van der Waals surface area contributed by atoms with Crippen LogP contribution in [-0.4, -0.2) is 70.2 Å². The first kappa shape index (κ1) is 21.7. The molecule has 1 saturated heterocycles. The highest BCUT2D eigenvalue weighted by Gasteiger charge is 2.48. The van der Waals surface area contributed by atoms with Crippen LogP contribution in [0, 0.1) is 6.92 Å². The number of aromatic nitrogens is 1. The standard InChI is InChI=1S/C20H26N2O5S2/c1-15-4-5-18(27-3)19(12-15)29(25,26)20-14-28(23,24)13-17(20)22(2)11-8-16-6-9-21-10-7-16/h4-7,9-10,12,17,20H,8,11,13-14H2,1-3H3/t17-,20+/m0/s1. The summed E-state index contributed by atoms with van der Waals surface area (Å²) in [6.45, 7) is 2.34. The molecule has 3 rings (SSSR count). The van der Waals surface area contributed by atoms with E-state index in [-0.39, 0.29) is 22.2 Å². The van der Waals surface area contributed by atoms with Gasteiger partial charge in [-0.2, -0.15) is 0 Å². The summed E-state index contributed by atoms with van der Waals surface area (Å²) in [5, 5.41) is -1.04. The molecular formula is C20H26N2O5S2. The van der Waals surface area contributed by atoms with E-state index in [9.17, 15) is 16.8 Å². The van der Waals surface area contributed by atoms with Crippen molar-refractivity contribution in [2.75, 3.05) is 32.2 Å². The van der Waals surface area contributed by atoms with Gasteiger partial charge in [0.1, 0.15) is 10.6 Å². The lowest BCUT2D eigenvalue weighted by atomic mass is 10.1. The topological polar surface area (TPSA) is 93.6 Å². The maximum Gasteiger partial charge on any atom is 0.187 e. The minimum atomic E-state index is -3.91. The molecule has 1 aliphatic rings. The van der Waals surface area contributed by atoms with Gasteiger partial charge in [-0.05, 0) is 55.8 Å². The molecule has 0 amide bonds. The molecule has 1 aromatic heterocycles. The lowest BCUT2D eigenvalue weighted by Crippen LogP contribution is -2.45. The van der Waals surface area contributed by atoms with Crippen molar-refractivity contribution < 1.29 is 21.6 Å². The van der Waals surface area contributed by atoms with Crippen LogP contribution in [0.3, 0.4) is 0 Å². The van der Waals surface area contributed by atoms with Gasteiger partial charge in [-0.3, -0.25) is 4.98 Å². The van der Waals surface area contributed by atoms with Crippen molar-refractivity contribution in [3.63, 3.8) is 0 Å². The van der Waals surface area contributed by atoms with Crippen LogP contribution in [0.2, 0.25) is 0 Å². The molecule has 1 aliphatic heterocycles. The smallest absolute Gasteiger partial charge is 0.187 e. The highest BCUT2D eigenvalue weighted by atomic mass is 32.2. The van der Waals surface area contributed by atoms with Crippen molar-refractivity contribution in [1.82, 2.24) is 9.88 Å². The number of benzene rings is 1. The molecule has 0 spiro atoms. The van der Waals surface area contributed by atoms with Crippen LogP contribution in [0.4, 0.5) is 0 Å². The van der Waals surface area contributed by atoms with E-state index >= 15 is 0 Å². The van der Waals surface area contributed by atoms with E-state index < -0.39 is 31.0 Å². The number of nitrogens with zero attached hydrogens (tertiary/aromatic N) is 2. The number of aryl methyl sites for hydroxylation is 1. The van der Waals surface area contributed by atoms with Gasteiger partial charge in [-0.25, -0.2) is 16.8 Å². The predicted octanol–water partition coefficient (Wildman–Crippen LogP) is 1.51. The highest BCUT2D eigenvalue weighted by Crippen LogP contribution is 2.33. The van der Waals surface area contributed by atoms with E-state index in [0.29, 0.717) is 13.0 Å². The Morgan fingerprint density at radius 1 is 1.17 bits per heavy atom. The van der Waals surface area contributed by atoms with Gasteiger partial charge >= 0.3 is 0 Å². The Morgan fingerprint density at radius 2 is 1.86 bits per heavy atom. The molecule has 0 unspecified atom stereocenters. The molecule has 9 heteroatoms. The van der Waals surface area contributed by atoms with Crippen LogP contribution in [0.1, 0.15) is 11.1 Å². The van der Waals surface area contributed by atoms with Gasteiger partial charge in [-0.1, -0.05) is 6.07 Å². The predicted molar refractivity (Wildman–Crippen MR) is 112 cm³/mol. The van der Waals surface area contributed by atoms with Crippen molar-refractivity contribution in [3.8, 4) is 5.75 Å². The molecule has 1 fully saturated rings. The zero-order valence-electron chi connectivity index (χ0n) is 16.8. The summed E-state index contributed by atoms with van der Waals surface area (Å²) in [7, 11) is -4.18. The Labute approximate surface area is 172 Å². The largest absolute Gasteiger partial charge is 0.495 e. The molecule has 29 heavy (non-hydrogen) atoms. The number of pyridine rings is 1. The van der Waals surface area contributed by atoms with E-state index in [1.807, 2.05) is 17.0 Å². The Bertz CT molecular complexity index is 1070. The molecule has 2 atom stereocenters. The number of hydrogen-bond donors (Lipinski definition) is 0. The third-order valence-electron chi connectivity index (χ3n) is 5.36. The zero-order chi connectivity index (χ0) is 21.2. The summed E-state index contributed by atoms with van der Waals surface area (Å²) in [5.41, 5.74) is 1.83. The summed E-state index contributed by atoms with van der Waals surface area (Å²) in [4.78, 5) is 5.88. The minimum Gasteiger partial charge on any atom is -0.495 e. The van der Waals surface area contributed by atoms with E-state index in [4.69, 9.17) is 4.74 Å². The maximum absolute atomic E-state index is 13.5. The molecule has 0 radical (unpaired) electrons.